The fourth-order valence-electron chi connectivity index (χ4n) is 2.37. The van der Waals surface area contributed by atoms with E-state index < -0.39 is 12.1 Å². The SMILES string of the molecule is CCCCCCCC[C@@H](O)CC(=O)OCC(=O)c1ccccc1. The fourth-order valence-corrected chi connectivity index (χ4v) is 2.37. The van der Waals surface area contributed by atoms with Crippen LogP contribution in [0, 0.1) is 0 Å². The van der Waals surface area contributed by atoms with Crippen LogP contribution in [0.25, 0.3) is 0 Å². The third kappa shape index (κ3) is 9.14. The van der Waals surface area contributed by atoms with Crippen molar-refractivity contribution in [3.63, 3.8) is 0 Å². The molecule has 4 heteroatoms. The predicted molar refractivity (Wildman–Crippen MR) is 90.3 cm³/mol. The molecule has 0 saturated carbocycles. The Morgan fingerprint density at radius 1 is 1.04 bits per heavy atom. The molecular formula is C19H28O4. The fraction of sp³-hybridized carbons (Fsp3) is 0.579. The topological polar surface area (TPSA) is 63.6 Å². The second-order valence-electron chi connectivity index (χ2n) is 5.86. The first-order valence-electron chi connectivity index (χ1n) is 8.55. The number of aliphatic hydroxyl groups is 1. The first kappa shape index (κ1) is 19.4. The summed E-state index contributed by atoms with van der Waals surface area (Å²) >= 11 is 0. The highest BCUT2D eigenvalue weighted by atomic mass is 16.5. The highest BCUT2D eigenvalue weighted by Gasteiger charge is 2.14. The number of ether oxygens (including phenoxy) is 1. The molecule has 0 radical (unpaired) electrons. The number of Topliss-reactive ketones (excluding diaryl/α,β-unsaturated/α-hetero) is 1. The summed E-state index contributed by atoms with van der Waals surface area (Å²) in [5.74, 6) is -0.753. The van der Waals surface area contributed by atoms with Crippen LogP contribution >= 0.6 is 0 Å². The Morgan fingerprint density at radius 2 is 1.70 bits per heavy atom. The highest BCUT2D eigenvalue weighted by Crippen LogP contribution is 2.11. The molecular weight excluding hydrogens is 292 g/mol. The normalized spacial score (nSPS) is 11.9. The van der Waals surface area contributed by atoms with Gasteiger partial charge in [-0.2, -0.15) is 0 Å². The highest BCUT2D eigenvalue weighted by molar-refractivity contribution is 5.97. The largest absolute Gasteiger partial charge is 0.457 e. The number of benzene rings is 1. The quantitative estimate of drug-likeness (QED) is 0.360. The van der Waals surface area contributed by atoms with Crippen LogP contribution in [0.2, 0.25) is 0 Å². The van der Waals surface area contributed by atoms with E-state index in [0.717, 1.165) is 12.8 Å². The number of aliphatic hydroxyl groups excluding tert-OH is 1. The van der Waals surface area contributed by atoms with Gasteiger partial charge >= 0.3 is 5.97 Å². The van der Waals surface area contributed by atoms with Crippen LogP contribution in [0.5, 0.6) is 0 Å². The predicted octanol–water partition coefficient (Wildman–Crippen LogP) is 3.91. The summed E-state index contributed by atoms with van der Waals surface area (Å²) in [7, 11) is 0. The van der Waals surface area contributed by atoms with Gasteiger partial charge in [-0.25, -0.2) is 0 Å². The van der Waals surface area contributed by atoms with Crippen molar-refractivity contribution in [1.29, 1.82) is 0 Å². The molecule has 0 heterocycles. The van der Waals surface area contributed by atoms with Crippen LogP contribution in [-0.4, -0.2) is 29.6 Å². The summed E-state index contributed by atoms with van der Waals surface area (Å²) in [5, 5.41) is 9.82. The molecule has 0 amide bonds. The van der Waals surface area contributed by atoms with Crippen LogP contribution < -0.4 is 0 Å². The Bertz CT molecular complexity index is 456. The number of rotatable bonds is 12. The molecule has 1 rings (SSSR count). The summed E-state index contributed by atoms with van der Waals surface area (Å²) in [6, 6.07) is 8.72. The monoisotopic (exact) mass is 320 g/mol. The molecule has 1 atom stereocenters. The van der Waals surface area contributed by atoms with E-state index in [-0.39, 0.29) is 18.8 Å². The van der Waals surface area contributed by atoms with Crippen molar-refractivity contribution >= 4 is 11.8 Å². The third-order valence-corrected chi connectivity index (χ3v) is 3.75. The molecule has 23 heavy (non-hydrogen) atoms. The standard InChI is InChI=1S/C19H28O4/c1-2-3-4-5-6-10-13-17(20)14-19(22)23-15-18(21)16-11-8-7-9-12-16/h7-9,11-12,17,20H,2-6,10,13-15H2,1H3/t17-/m1/s1. The summed E-state index contributed by atoms with van der Waals surface area (Å²) < 4.78 is 4.94. The molecule has 4 nitrogen and oxygen atoms in total. The van der Waals surface area contributed by atoms with Crippen molar-refractivity contribution in [3.8, 4) is 0 Å². The molecule has 0 bridgehead atoms. The molecule has 1 aromatic carbocycles. The van der Waals surface area contributed by atoms with Gasteiger partial charge in [-0.1, -0.05) is 75.8 Å². The van der Waals surface area contributed by atoms with Crippen molar-refractivity contribution in [2.45, 2.75) is 64.4 Å². The van der Waals surface area contributed by atoms with Crippen molar-refractivity contribution < 1.29 is 19.4 Å². The van der Waals surface area contributed by atoms with Gasteiger partial charge in [0.25, 0.3) is 0 Å². The van der Waals surface area contributed by atoms with Gasteiger partial charge < -0.3 is 9.84 Å². The number of ketones is 1. The van der Waals surface area contributed by atoms with E-state index in [1.807, 2.05) is 6.07 Å². The minimum Gasteiger partial charge on any atom is -0.457 e. The molecule has 1 aromatic rings. The zero-order chi connectivity index (χ0) is 16.9. The number of esters is 1. The van der Waals surface area contributed by atoms with Gasteiger partial charge in [0.15, 0.2) is 12.4 Å². The summed E-state index contributed by atoms with van der Waals surface area (Å²) in [5.41, 5.74) is 0.521. The average molecular weight is 320 g/mol. The minimum absolute atomic E-state index is 0.0446. The molecule has 1 N–H and O–H groups in total. The summed E-state index contributed by atoms with van der Waals surface area (Å²) in [4.78, 5) is 23.4. The van der Waals surface area contributed by atoms with Crippen molar-refractivity contribution in [1.82, 2.24) is 0 Å². The Morgan fingerprint density at radius 3 is 2.39 bits per heavy atom. The molecule has 0 fully saturated rings. The molecule has 0 aromatic heterocycles. The lowest BCUT2D eigenvalue weighted by molar-refractivity contribution is -0.144. The first-order chi connectivity index (χ1) is 11.1. The van der Waals surface area contributed by atoms with E-state index in [4.69, 9.17) is 4.74 Å². The second kappa shape index (κ2) is 11.8. The number of hydrogen-bond acceptors (Lipinski definition) is 4. The number of unbranched alkanes of at least 4 members (excludes halogenated alkanes) is 5. The van der Waals surface area contributed by atoms with Crippen LogP contribution in [0.1, 0.15) is 68.6 Å². The number of carbonyl (C=O) groups excluding carboxylic acids is 2. The Hall–Kier alpha value is -1.68. The lowest BCUT2D eigenvalue weighted by atomic mass is 10.1. The Balaban J connectivity index is 2.12. The third-order valence-electron chi connectivity index (χ3n) is 3.75. The maximum atomic E-state index is 11.8. The Labute approximate surface area is 138 Å². The van der Waals surface area contributed by atoms with E-state index in [0.29, 0.717) is 12.0 Å². The van der Waals surface area contributed by atoms with Gasteiger partial charge in [0.1, 0.15) is 0 Å². The lowest BCUT2D eigenvalue weighted by Gasteiger charge is -2.10. The zero-order valence-electron chi connectivity index (χ0n) is 14.0. The first-order valence-corrected chi connectivity index (χ1v) is 8.55. The van der Waals surface area contributed by atoms with E-state index in [1.165, 1.54) is 25.7 Å². The maximum Gasteiger partial charge on any atom is 0.308 e. The number of hydrogen-bond donors (Lipinski definition) is 1. The Kier molecular flexibility index (Phi) is 9.96. The van der Waals surface area contributed by atoms with Gasteiger partial charge in [0.05, 0.1) is 12.5 Å². The van der Waals surface area contributed by atoms with Gasteiger partial charge in [-0.15, -0.1) is 0 Å². The molecule has 0 aliphatic carbocycles. The van der Waals surface area contributed by atoms with Crippen LogP contribution in [0.15, 0.2) is 30.3 Å². The van der Waals surface area contributed by atoms with Gasteiger partial charge in [0, 0.05) is 5.56 Å². The minimum atomic E-state index is -0.680. The van der Waals surface area contributed by atoms with Crippen LogP contribution in [0.4, 0.5) is 0 Å². The second-order valence-corrected chi connectivity index (χ2v) is 5.86. The lowest BCUT2D eigenvalue weighted by Crippen LogP contribution is -2.19. The summed E-state index contributed by atoms with van der Waals surface area (Å²) in [6.07, 6.45) is 6.76. The van der Waals surface area contributed by atoms with E-state index in [9.17, 15) is 14.7 Å². The molecule has 0 aliphatic rings. The molecule has 0 unspecified atom stereocenters. The van der Waals surface area contributed by atoms with Crippen molar-refractivity contribution in [2.24, 2.45) is 0 Å². The van der Waals surface area contributed by atoms with Gasteiger partial charge in [-0.05, 0) is 6.42 Å². The van der Waals surface area contributed by atoms with Crippen LogP contribution in [0.3, 0.4) is 0 Å². The van der Waals surface area contributed by atoms with E-state index >= 15 is 0 Å². The molecule has 0 saturated heterocycles. The molecule has 128 valence electrons. The maximum absolute atomic E-state index is 11.8. The zero-order valence-corrected chi connectivity index (χ0v) is 14.0. The van der Waals surface area contributed by atoms with Crippen molar-refractivity contribution in [3.05, 3.63) is 35.9 Å². The van der Waals surface area contributed by atoms with Crippen LogP contribution in [-0.2, 0) is 9.53 Å². The van der Waals surface area contributed by atoms with Gasteiger partial charge in [-0.3, -0.25) is 9.59 Å². The number of carbonyl (C=O) groups is 2. The van der Waals surface area contributed by atoms with E-state index in [1.54, 1.807) is 24.3 Å². The average Bonchev–Trinajstić information content (AvgIpc) is 2.56. The molecule has 0 spiro atoms. The molecule has 0 aliphatic heterocycles. The van der Waals surface area contributed by atoms with Crippen molar-refractivity contribution in [2.75, 3.05) is 6.61 Å². The smallest absolute Gasteiger partial charge is 0.308 e. The summed E-state index contributed by atoms with van der Waals surface area (Å²) in [6.45, 7) is 1.91. The van der Waals surface area contributed by atoms with E-state index in [2.05, 4.69) is 6.92 Å². The van der Waals surface area contributed by atoms with Gasteiger partial charge in [0.2, 0.25) is 0 Å².